The minimum absolute atomic E-state index is 0.0871. The second-order valence-corrected chi connectivity index (χ2v) is 6.65. The van der Waals surface area contributed by atoms with Crippen molar-refractivity contribution < 1.29 is 9.84 Å². The van der Waals surface area contributed by atoms with Crippen molar-refractivity contribution in [1.29, 1.82) is 0 Å². The summed E-state index contributed by atoms with van der Waals surface area (Å²) in [7, 11) is 0. The van der Waals surface area contributed by atoms with Gasteiger partial charge in [0, 0.05) is 0 Å². The van der Waals surface area contributed by atoms with Crippen LogP contribution in [0.2, 0.25) is 0 Å². The molecule has 0 amide bonds. The van der Waals surface area contributed by atoms with E-state index in [4.69, 9.17) is 10.5 Å². The van der Waals surface area contributed by atoms with E-state index in [9.17, 15) is 5.11 Å². The molecule has 1 aliphatic rings. The van der Waals surface area contributed by atoms with Crippen molar-refractivity contribution in [3.8, 4) is 5.75 Å². The van der Waals surface area contributed by atoms with E-state index in [0.717, 1.165) is 24.9 Å². The number of nitrogen functional groups attached to an aromatic ring is 1. The third-order valence-corrected chi connectivity index (χ3v) is 4.22. The molecule has 2 atom stereocenters. The summed E-state index contributed by atoms with van der Waals surface area (Å²) in [5.41, 5.74) is 7.45. The molecule has 0 aliphatic heterocycles. The van der Waals surface area contributed by atoms with E-state index in [1.807, 2.05) is 32.0 Å². The van der Waals surface area contributed by atoms with E-state index in [-0.39, 0.29) is 18.2 Å². The number of nitrogens with one attached hydrogen (secondary N) is 1. The lowest BCUT2D eigenvalue weighted by atomic mass is 9.76. The fraction of sp³-hybridized carbons (Fsp3) is 0.647. The van der Waals surface area contributed by atoms with Gasteiger partial charge in [-0.25, -0.2) is 0 Å². The summed E-state index contributed by atoms with van der Waals surface area (Å²) >= 11 is 0. The molecule has 0 radical (unpaired) electrons. The predicted molar refractivity (Wildman–Crippen MR) is 87.7 cm³/mol. The number of aliphatic hydroxyl groups excluding tert-OH is 1. The van der Waals surface area contributed by atoms with Gasteiger partial charge in [0.2, 0.25) is 0 Å². The lowest BCUT2D eigenvalue weighted by molar-refractivity contribution is 0.149. The standard InChI is InChI=1S/C17H28N2O2/c1-12(2)21-15-8-4-7-14(16(15)18)19-17(11-20)9-5-6-13(3)10-17/h4,7-8,12-13,19-20H,5-6,9-11,18H2,1-3H3. The molecule has 1 fully saturated rings. The van der Waals surface area contributed by atoms with Gasteiger partial charge in [-0.15, -0.1) is 0 Å². The first-order valence-electron chi connectivity index (χ1n) is 7.90. The topological polar surface area (TPSA) is 67.5 Å². The second-order valence-electron chi connectivity index (χ2n) is 6.65. The average Bonchev–Trinajstić information content (AvgIpc) is 2.43. The summed E-state index contributed by atoms with van der Waals surface area (Å²) < 4.78 is 5.73. The fourth-order valence-corrected chi connectivity index (χ4v) is 3.25. The van der Waals surface area contributed by atoms with E-state index in [1.165, 1.54) is 6.42 Å². The Morgan fingerprint density at radius 3 is 2.86 bits per heavy atom. The van der Waals surface area contributed by atoms with Crippen LogP contribution in [0.1, 0.15) is 46.5 Å². The number of nitrogens with two attached hydrogens (primary N) is 1. The molecular weight excluding hydrogens is 264 g/mol. The maximum absolute atomic E-state index is 9.89. The van der Waals surface area contributed by atoms with Gasteiger partial charge in [0.05, 0.1) is 29.6 Å². The average molecular weight is 292 g/mol. The Morgan fingerprint density at radius 1 is 1.48 bits per heavy atom. The van der Waals surface area contributed by atoms with Crippen LogP contribution >= 0.6 is 0 Å². The molecule has 4 heteroatoms. The van der Waals surface area contributed by atoms with E-state index in [0.29, 0.717) is 17.4 Å². The number of para-hydroxylation sites is 1. The predicted octanol–water partition coefficient (Wildman–Crippen LogP) is 3.41. The Bertz CT molecular complexity index is 476. The zero-order chi connectivity index (χ0) is 15.5. The van der Waals surface area contributed by atoms with Crippen LogP contribution in [0.4, 0.5) is 11.4 Å². The van der Waals surface area contributed by atoms with Crippen LogP contribution < -0.4 is 15.8 Å². The molecule has 1 aliphatic carbocycles. The molecule has 4 nitrogen and oxygen atoms in total. The van der Waals surface area contributed by atoms with Crippen molar-refractivity contribution in [3.63, 3.8) is 0 Å². The number of ether oxygens (including phenoxy) is 1. The summed E-state index contributed by atoms with van der Waals surface area (Å²) in [6.07, 6.45) is 4.40. The van der Waals surface area contributed by atoms with Crippen LogP contribution in [0, 0.1) is 5.92 Å². The Hall–Kier alpha value is -1.42. The van der Waals surface area contributed by atoms with E-state index in [1.54, 1.807) is 0 Å². The zero-order valence-electron chi connectivity index (χ0n) is 13.4. The zero-order valence-corrected chi connectivity index (χ0v) is 13.4. The molecule has 2 rings (SSSR count). The fourth-order valence-electron chi connectivity index (χ4n) is 3.25. The number of hydrogen-bond donors (Lipinski definition) is 3. The van der Waals surface area contributed by atoms with Gasteiger partial charge in [-0.1, -0.05) is 25.8 Å². The molecule has 4 N–H and O–H groups in total. The summed E-state index contributed by atoms with van der Waals surface area (Å²) in [6.45, 7) is 6.34. The highest BCUT2D eigenvalue weighted by molar-refractivity contribution is 5.73. The summed E-state index contributed by atoms with van der Waals surface area (Å²) in [4.78, 5) is 0. The molecule has 118 valence electrons. The molecule has 0 saturated heterocycles. The summed E-state index contributed by atoms with van der Waals surface area (Å²) in [5, 5.41) is 13.4. The lowest BCUT2D eigenvalue weighted by Crippen LogP contribution is -2.46. The molecule has 0 heterocycles. The number of benzene rings is 1. The van der Waals surface area contributed by atoms with E-state index in [2.05, 4.69) is 12.2 Å². The van der Waals surface area contributed by atoms with Crippen molar-refractivity contribution in [2.75, 3.05) is 17.7 Å². The Balaban J connectivity index is 2.21. The van der Waals surface area contributed by atoms with Crippen LogP contribution in [-0.4, -0.2) is 23.4 Å². The van der Waals surface area contributed by atoms with Gasteiger partial charge in [0.25, 0.3) is 0 Å². The van der Waals surface area contributed by atoms with Crippen molar-refractivity contribution in [2.24, 2.45) is 5.92 Å². The molecule has 21 heavy (non-hydrogen) atoms. The van der Waals surface area contributed by atoms with E-state index < -0.39 is 0 Å². The highest BCUT2D eigenvalue weighted by Crippen LogP contribution is 2.38. The number of hydrogen-bond acceptors (Lipinski definition) is 4. The number of rotatable bonds is 5. The minimum atomic E-state index is -0.262. The van der Waals surface area contributed by atoms with Crippen molar-refractivity contribution in [1.82, 2.24) is 0 Å². The molecule has 1 saturated carbocycles. The van der Waals surface area contributed by atoms with Gasteiger partial charge in [0.15, 0.2) is 0 Å². The number of anilines is 2. The van der Waals surface area contributed by atoms with Gasteiger partial charge in [-0.3, -0.25) is 0 Å². The second kappa shape index (κ2) is 6.56. The molecular formula is C17H28N2O2. The Labute approximate surface area is 127 Å². The summed E-state index contributed by atoms with van der Waals surface area (Å²) in [6, 6.07) is 5.78. The highest BCUT2D eigenvalue weighted by atomic mass is 16.5. The van der Waals surface area contributed by atoms with Crippen LogP contribution in [0.3, 0.4) is 0 Å². The highest BCUT2D eigenvalue weighted by Gasteiger charge is 2.34. The van der Waals surface area contributed by atoms with Gasteiger partial charge in [0.1, 0.15) is 5.75 Å². The largest absolute Gasteiger partial charge is 0.489 e. The monoisotopic (exact) mass is 292 g/mol. The first-order chi connectivity index (χ1) is 9.96. The lowest BCUT2D eigenvalue weighted by Gasteiger charge is -2.40. The number of aliphatic hydroxyl groups is 1. The van der Waals surface area contributed by atoms with Crippen LogP contribution in [0.25, 0.3) is 0 Å². The summed E-state index contributed by atoms with van der Waals surface area (Å²) in [5.74, 6) is 1.32. The normalized spacial score (nSPS) is 25.9. The van der Waals surface area contributed by atoms with Crippen molar-refractivity contribution >= 4 is 11.4 Å². The molecule has 1 aromatic carbocycles. The SMILES string of the molecule is CC1CCCC(CO)(Nc2cccc(OC(C)C)c2N)C1. The molecule has 1 aromatic rings. The quantitative estimate of drug-likeness (QED) is 0.728. The van der Waals surface area contributed by atoms with Crippen LogP contribution in [0.15, 0.2) is 18.2 Å². The van der Waals surface area contributed by atoms with Gasteiger partial charge in [-0.2, -0.15) is 0 Å². The van der Waals surface area contributed by atoms with Crippen LogP contribution in [0.5, 0.6) is 5.75 Å². The maximum Gasteiger partial charge on any atom is 0.144 e. The minimum Gasteiger partial charge on any atom is -0.489 e. The van der Waals surface area contributed by atoms with Gasteiger partial charge < -0.3 is 20.9 Å². The van der Waals surface area contributed by atoms with Crippen molar-refractivity contribution in [2.45, 2.75) is 58.1 Å². The van der Waals surface area contributed by atoms with Crippen LogP contribution in [-0.2, 0) is 0 Å². The smallest absolute Gasteiger partial charge is 0.144 e. The van der Waals surface area contributed by atoms with Crippen molar-refractivity contribution in [3.05, 3.63) is 18.2 Å². The molecule has 0 aromatic heterocycles. The van der Waals surface area contributed by atoms with Gasteiger partial charge in [-0.05, 0) is 44.7 Å². The third kappa shape index (κ3) is 3.82. The first kappa shape index (κ1) is 16.0. The Kier molecular flexibility index (Phi) is 4.99. The van der Waals surface area contributed by atoms with Gasteiger partial charge >= 0.3 is 0 Å². The first-order valence-corrected chi connectivity index (χ1v) is 7.90. The van der Waals surface area contributed by atoms with E-state index >= 15 is 0 Å². The maximum atomic E-state index is 9.89. The third-order valence-electron chi connectivity index (χ3n) is 4.22. The molecule has 0 bridgehead atoms. The molecule has 2 unspecified atom stereocenters. The Morgan fingerprint density at radius 2 is 2.24 bits per heavy atom. The molecule has 0 spiro atoms.